The first-order chi connectivity index (χ1) is 8.25. The molecule has 1 heterocycles. The standard InChI is InChI=1S/C14H10FNO/c15-11-6-3-5-10(14(11)16)13-8-9-4-1-2-7-12(9)17-13/h1-8H,16H2. The van der Waals surface area contributed by atoms with E-state index in [1.807, 2.05) is 30.3 Å². The van der Waals surface area contributed by atoms with E-state index < -0.39 is 5.82 Å². The van der Waals surface area contributed by atoms with Crippen LogP contribution >= 0.6 is 0 Å². The highest BCUT2D eigenvalue weighted by atomic mass is 19.1. The molecule has 3 rings (SSSR count). The molecule has 3 aromatic rings. The maximum Gasteiger partial charge on any atom is 0.146 e. The second-order valence-electron chi connectivity index (χ2n) is 3.85. The van der Waals surface area contributed by atoms with E-state index in [1.165, 1.54) is 6.07 Å². The molecule has 0 atom stereocenters. The van der Waals surface area contributed by atoms with Crippen LogP contribution in [0.1, 0.15) is 0 Å². The van der Waals surface area contributed by atoms with Crippen LogP contribution in [0.4, 0.5) is 10.1 Å². The Kier molecular flexibility index (Phi) is 2.11. The van der Waals surface area contributed by atoms with Gasteiger partial charge in [-0.1, -0.05) is 24.3 Å². The van der Waals surface area contributed by atoms with Crippen molar-refractivity contribution in [2.45, 2.75) is 0 Å². The summed E-state index contributed by atoms with van der Waals surface area (Å²) in [6, 6.07) is 14.2. The number of rotatable bonds is 1. The lowest BCUT2D eigenvalue weighted by molar-refractivity contribution is 0.622. The highest BCUT2D eigenvalue weighted by Gasteiger charge is 2.11. The molecule has 0 spiro atoms. The van der Waals surface area contributed by atoms with E-state index in [-0.39, 0.29) is 5.69 Å². The molecule has 0 aliphatic heterocycles. The SMILES string of the molecule is Nc1c(F)cccc1-c1cc2ccccc2o1. The van der Waals surface area contributed by atoms with E-state index in [2.05, 4.69) is 0 Å². The zero-order chi connectivity index (χ0) is 11.8. The van der Waals surface area contributed by atoms with Gasteiger partial charge in [0.1, 0.15) is 17.2 Å². The van der Waals surface area contributed by atoms with Crippen LogP contribution in [-0.4, -0.2) is 0 Å². The summed E-state index contributed by atoms with van der Waals surface area (Å²) in [4.78, 5) is 0. The zero-order valence-electron chi connectivity index (χ0n) is 8.98. The van der Waals surface area contributed by atoms with Crippen LogP contribution in [0.5, 0.6) is 0 Å². The number of para-hydroxylation sites is 2. The molecular weight excluding hydrogens is 217 g/mol. The van der Waals surface area contributed by atoms with Gasteiger partial charge < -0.3 is 10.2 Å². The summed E-state index contributed by atoms with van der Waals surface area (Å²) in [5, 5.41) is 0.978. The molecule has 84 valence electrons. The van der Waals surface area contributed by atoms with Gasteiger partial charge in [-0.05, 0) is 24.3 Å². The molecule has 0 aliphatic rings. The fourth-order valence-electron chi connectivity index (χ4n) is 1.87. The Balaban J connectivity index is 2.24. The van der Waals surface area contributed by atoms with Crippen molar-refractivity contribution in [3.05, 3.63) is 54.3 Å². The molecule has 2 N–H and O–H groups in total. The Bertz CT molecular complexity index is 655. The third-order valence-electron chi connectivity index (χ3n) is 2.74. The van der Waals surface area contributed by atoms with Crippen molar-refractivity contribution in [1.29, 1.82) is 0 Å². The van der Waals surface area contributed by atoms with Gasteiger partial charge in [-0.3, -0.25) is 0 Å². The topological polar surface area (TPSA) is 39.2 Å². The Labute approximate surface area is 97.5 Å². The van der Waals surface area contributed by atoms with Gasteiger partial charge in [0.25, 0.3) is 0 Å². The second-order valence-corrected chi connectivity index (χ2v) is 3.85. The lowest BCUT2D eigenvalue weighted by Gasteiger charge is -2.02. The minimum atomic E-state index is -0.428. The van der Waals surface area contributed by atoms with E-state index >= 15 is 0 Å². The van der Waals surface area contributed by atoms with Crippen LogP contribution in [0, 0.1) is 5.82 Å². The molecule has 0 fully saturated rings. The van der Waals surface area contributed by atoms with Gasteiger partial charge in [-0.15, -0.1) is 0 Å². The van der Waals surface area contributed by atoms with E-state index in [4.69, 9.17) is 10.2 Å². The largest absolute Gasteiger partial charge is 0.456 e. The normalized spacial score (nSPS) is 10.9. The highest BCUT2D eigenvalue weighted by molar-refractivity contribution is 5.85. The van der Waals surface area contributed by atoms with E-state index in [1.54, 1.807) is 12.1 Å². The minimum absolute atomic E-state index is 0.117. The third kappa shape index (κ3) is 1.56. The number of hydrogen-bond acceptors (Lipinski definition) is 2. The average Bonchev–Trinajstić information content (AvgIpc) is 2.76. The molecule has 0 aliphatic carbocycles. The highest BCUT2D eigenvalue weighted by Crippen LogP contribution is 2.32. The summed E-state index contributed by atoms with van der Waals surface area (Å²) < 4.78 is 19.0. The Hall–Kier alpha value is -2.29. The second kappa shape index (κ2) is 3.63. The smallest absolute Gasteiger partial charge is 0.146 e. The molecule has 0 unspecified atom stereocenters. The van der Waals surface area contributed by atoms with Crippen molar-refractivity contribution in [2.75, 3.05) is 5.73 Å². The van der Waals surface area contributed by atoms with Crippen LogP contribution in [0.2, 0.25) is 0 Å². The minimum Gasteiger partial charge on any atom is -0.456 e. The maximum absolute atomic E-state index is 13.4. The molecule has 0 bridgehead atoms. The van der Waals surface area contributed by atoms with Crippen LogP contribution in [0.3, 0.4) is 0 Å². The lowest BCUT2D eigenvalue weighted by atomic mass is 10.1. The quantitative estimate of drug-likeness (QED) is 0.642. The first-order valence-electron chi connectivity index (χ1n) is 5.28. The third-order valence-corrected chi connectivity index (χ3v) is 2.74. The number of halogens is 1. The lowest BCUT2D eigenvalue weighted by Crippen LogP contribution is -1.92. The molecule has 2 aromatic carbocycles. The van der Waals surface area contributed by atoms with Gasteiger partial charge in [0, 0.05) is 10.9 Å². The number of benzene rings is 2. The van der Waals surface area contributed by atoms with Crippen molar-refractivity contribution in [3.63, 3.8) is 0 Å². The first-order valence-corrected chi connectivity index (χ1v) is 5.28. The maximum atomic E-state index is 13.4. The van der Waals surface area contributed by atoms with Crippen LogP contribution in [-0.2, 0) is 0 Å². The first kappa shape index (κ1) is 9.90. The van der Waals surface area contributed by atoms with Gasteiger partial charge >= 0.3 is 0 Å². The number of nitrogens with two attached hydrogens (primary N) is 1. The summed E-state index contributed by atoms with van der Waals surface area (Å²) in [5.74, 6) is 0.158. The predicted octanol–water partition coefficient (Wildman–Crippen LogP) is 3.82. The number of fused-ring (bicyclic) bond motifs is 1. The summed E-state index contributed by atoms with van der Waals surface area (Å²) in [5.41, 5.74) is 7.17. The van der Waals surface area contributed by atoms with Gasteiger partial charge in [0.2, 0.25) is 0 Å². The van der Waals surface area contributed by atoms with Crippen molar-refractivity contribution >= 4 is 16.7 Å². The van der Waals surface area contributed by atoms with Gasteiger partial charge in [0.05, 0.1) is 5.69 Å². The average molecular weight is 227 g/mol. The number of furan rings is 1. The monoisotopic (exact) mass is 227 g/mol. The molecule has 17 heavy (non-hydrogen) atoms. The fraction of sp³-hybridized carbons (Fsp3) is 0. The van der Waals surface area contributed by atoms with Crippen molar-refractivity contribution in [2.24, 2.45) is 0 Å². The van der Waals surface area contributed by atoms with Gasteiger partial charge in [-0.2, -0.15) is 0 Å². The van der Waals surface area contributed by atoms with E-state index in [0.717, 1.165) is 11.0 Å². The zero-order valence-corrected chi connectivity index (χ0v) is 8.98. The van der Waals surface area contributed by atoms with Crippen molar-refractivity contribution < 1.29 is 8.81 Å². The molecule has 2 nitrogen and oxygen atoms in total. The van der Waals surface area contributed by atoms with Crippen LogP contribution in [0.15, 0.2) is 52.9 Å². The fourth-order valence-corrected chi connectivity index (χ4v) is 1.87. The van der Waals surface area contributed by atoms with E-state index in [9.17, 15) is 4.39 Å². The summed E-state index contributed by atoms with van der Waals surface area (Å²) in [7, 11) is 0. The molecule has 1 aromatic heterocycles. The Morgan fingerprint density at radius 2 is 1.82 bits per heavy atom. The van der Waals surface area contributed by atoms with Crippen molar-refractivity contribution in [3.8, 4) is 11.3 Å². The summed E-state index contributed by atoms with van der Waals surface area (Å²) in [6.45, 7) is 0. The van der Waals surface area contributed by atoms with Gasteiger partial charge in [0.15, 0.2) is 0 Å². The van der Waals surface area contributed by atoms with Gasteiger partial charge in [-0.25, -0.2) is 4.39 Å². The summed E-state index contributed by atoms with van der Waals surface area (Å²) >= 11 is 0. The van der Waals surface area contributed by atoms with Crippen LogP contribution < -0.4 is 5.73 Å². The summed E-state index contributed by atoms with van der Waals surface area (Å²) in [6.07, 6.45) is 0. The molecule has 0 saturated heterocycles. The van der Waals surface area contributed by atoms with Crippen LogP contribution in [0.25, 0.3) is 22.3 Å². The molecule has 3 heteroatoms. The Morgan fingerprint density at radius 3 is 2.65 bits per heavy atom. The van der Waals surface area contributed by atoms with E-state index in [0.29, 0.717) is 11.3 Å². The molecule has 0 amide bonds. The van der Waals surface area contributed by atoms with Crippen molar-refractivity contribution in [1.82, 2.24) is 0 Å². The number of anilines is 1. The number of hydrogen-bond donors (Lipinski definition) is 1. The molecular formula is C14H10FNO. The molecule has 0 radical (unpaired) electrons. The predicted molar refractivity (Wildman–Crippen MR) is 66.0 cm³/mol. The number of nitrogen functional groups attached to an aromatic ring is 1. The Morgan fingerprint density at radius 1 is 1.00 bits per heavy atom. The molecule has 0 saturated carbocycles.